The summed E-state index contributed by atoms with van der Waals surface area (Å²) < 4.78 is 42.5. The summed E-state index contributed by atoms with van der Waals surface area (Å²) in [6.45, 7) is 11.7. The largest absolute Gasteiger partial charge is 0.488 e. The minimum absolute atomic E-state index is 0.000311. The molecule has 14 aliphatic carbocycles. The number of rotatable bonds is 22. The highest BCUT2D eigenvalue weighted by Gasteiger charge is 2.60. The number of para-hydroxylation sites is 2. The average Bonchev–Trinajstić information content (AvgIpc) is 0.828. The molecule has 12 bridgehead atoms. The van der Waals surface area contributed by atoms with Gasteiger partial charge >= 0.3 is 0 Å². The van der Waals surface area contributed by atoms with Crippen molar-refractivity contribution in [2.75, 3.05) is 0 Å². The zero-order chi connectivity index (χ0) is 99.8. The molecule has 0 radical (unpaired) electrons. The molecule has 148 heavy (non-hydrogen) atoms. The van der Waals surface area contributed by atoms with Crippen LogP contribution in [0, 0.1) is 71.0 Å². The third kappa shape index (κ3) is 20.6. The van der Waals surface area contributed by atoms with Crippen molar-refractivity contribution in [3.8, 4) is 45.1 Å². The smallest absolute Gasteiger partial charge is 0.209 e. The van der Waals surface area contributed by atoms with E-state index in [9.17, 15) is 0 Å². The third-order valence-electron chi connectivity index (χ3n) is 36.1. The Hall–Kier alpha value is -11.3. The van der Waals surface area contributed by atoms with Crippen LogP contribution in [0.3, 0.4) is 0 Å². The van der Waals surface area contributed by atoms with Crippen molar-refractivity contribution < 1.29 is 28.4 Å². The molecule has 15 aliphatic rings. The zero-order valence-electron chi connectivity index (χ0n) is 86.7. The highest BCUT2D eigenvalue weighted by Crippen LogP contribution is 2.64. The normalized spacial score (nSPS) is 25.9. The number of ether oxygens (including phenoxy) is 6. The van der Waals surface area contributed by atoms with E-state index in [4.69, 9.17) is 28.4 Å². The SMILES string of the molecule is CC1(Oc2ccc(-[s+]3c4ccccc4c4ccccc43)cc2)C2CC3CC(C2)CC1C3.CC1(Oc2ccc([S+](c3ccccc3)c3ccccc3)cc2)C2CC3CC(C2)CC1C3.CC1(Oc2ccc([S+](c3ccccc3)c3ccccc3)cc2)CCCCC1.CC1(Oc2ccc([S+]3c4ccccc4Oc4ccccc43)cc2)C2CC3CC(C2)CC1C3.CCC1(Oc2ccc([S+](c3ccccc3)c3ccccc3)cc2)CCCC1. The third-order valence-corrected chi connectivity index (χ3v) is 47.4. The molecule has 0 atom stereocenters. The average molecular weight is 2050 g/mol. The molecule has 14 fully saturated rings. The standard InChI is InChI=1S/C29H29O2S.C29H29OS.C29H31OS.2C25H27OS/c1-29(21-15-19-14-20(17-21)18-22(29)16-19)31-23-10-12-24(13-11-23)32-27-8-4-2-6-25(27)30-26-7-3-5-9-28(26)32;1-29(21-15-19-14-20(17-21)18-22(29)16-19)30-23-10-12-24(13-11-23)31-27-8-4-2-6-25(27)26-7-3-5-9-28(26)31;1-29(23-17-21-16-22(19-23)20-24(29)18-21)30-25-12-14-28(15-13-25)31(26-8-4-2-5-9-26)27-10-6-3-7-11-27;1-25(19-9-4-10-20-25)26-21-15-17-24(18-16-21)27(22-11-5-2-6-12-22)23-13-7-3-8-14-23;1-2-25(19-9-10-20-25)26-21-15-17-24(18-16-21)27(22-11-5-3-6-12-22)23-13-7-4-8-14-23/h2-13,19-22H,14-18H2,1H3;2-13,19-22H,14-18H2,1H3;2-15,21-24H,16-20H2,1H3;2-3,5-8,11-18H,4,9-10,19-20H2,1H3;3-8,11-18H,2,9-10,19-20H2,1H3/q5*+1. The van der Waals surface area contributed by atoms with Crippen molar-refractivity contribution >= 4 is 74.2 Å². The van der Waals surface area contributed by atoms with E-state index in [1.165, 1.54) is 225 Å². The van der Waals surface area contributed by atoms with Crippen LogP contribution in [0.25, 0.3) is 25.1 Å². The van der Waals surface area contributed by atoms with Gasteiger partial charge in [0.15, 0.2) is 74.7 Å². The van der Waals surface area contributed by atoms with Crippen LogP contribution in [0.1, 0.15) is 195 Å². The summed E-state index contributed by atoms with van der Waals surface area (Å²) in [5.74, 6) is 17.3. The van der Waals surface area contributed by atoms with Crippen LogP contribution in [0.2, 0.25) is 0 Å². The summed E-state index contributed by atoms with van der Waals surface area (Å²) in [4.78, 5) is 17.3. The molecule has 0 amide bonds. The molecule has 0 unspecified atom stereocenters. The Morgan fingerprint density at radius 3 is 0.804 bits per heavy atom. The zero-order valence-corrected chi connectivity index (χ0v) is 90.8. The minimum Gasteiger partial charge on any atom is -0.488 e. The molecule has 16 aromatic rings. The second-order valence-electron chi connectivity index (χ2n) is 45.5. The number of benzene rings is 15. The van der Waals surface area contributed by atoms with Gasteiger partial charge in [-0.2, -0.15) is 0 Å². The molecule has 0 N–H and O–H groups in total. The topological polar surface area (TPSA) is 55.4 Å². The number of fused-ring (bicyclic) bond motifs is 5. The van der Waals surface area contributed by atoms with Crippen LogP contribution in [-0.2, 0) is 43.6 Å². The lowest BCUT2D eigenvalue weighted by atomic mass is 9.50. The summed E-state index contributed by atoms with van der Waals surface area (Å²) in [6.07, 6.45) is 33.3. The van der Waals surface area contributed by atoms with E-state index in [-0.39, 0.29) is 82.1 Å². The van der Waals surface area contributed by atoms with Crippen LogP contribution in [0.4, 0.5) is 0 Å². The van der Waals surface area contributed by atoms with Gasteiger partial charge in [-0.3, -0.25) is 0 Å². The van der Waals surface area contributed by atoms with E-state index in [0.29, 0.717) is 0 Å². The Kier molecular flexibility index (Phi) is 28.8. The van der Waals surface area contributed by atoms with Gasteiger partial charge < -0.3 is 28.4 Å². The summed E-state index contributed by atoms with van der Waals surface area (Å²) in [6, 6.07) is 144. The van der Waals surface area contributed by atoms with E-state index in [1.54, 1.807) is 0 Å². The van der Waals surface area contributed by atoms with Crippen LogP contribution < -0.4 is 28.4 Å². The first-order valence-corrected chi connectivity index (χ1v) is 61.7. The molecule has 6 nitrogen and oxygen atoms in total. The van der Waals surface area contributed by atoms with E-state index in [0.717, 1.165) is 131 Å². The highest BCUT2D eigenvalue weighted by atomic mass is 32.2. The molecule has 2 heterocycles. The van der Waals surface area contributed by atoms with Crippen molar-refractivity contribution in [3.05, 3.63) is 400 Å². The molecule has 31 rings (SSSR count). The molecular formula is C137H143O6S5+5. The minimum atomic E-state index is -0.167. The molecular weight excluding hydrogens is 1900 g/mol. The van der Waals surface area contributed by atoms with Gasteiger partial charge in [0.1, 0.15) is 67.6 Å². The van der Waals surface area contributed by atoms with Gasteiger partial charge in [0.25, 0.3) is 0 Å². The fourth-order valence-electron chi connectivity index (χ4n) is 28.9. The van der Waals surface area contributed by atoms with Crippen molar-refractivity contribution in [1.29, 1.82) is 0 Å². The Morgan fingerprint density at radius 1 is 0.243 bits per heavy atom. The lowest BCUT2D eigenvalue weighted by Gasteiger charge is -2.59. The van der Waals surface area contributed by atoms with E-state index < -0.39 is 0 Å². The fourth-order valence-corrected chi connectivity index (χ4v) is 39.7. The summed E-state index contributed by atoms with van der Waals surface area (Å²) in [5, 5.41) is 2.78. The van der Waals surface area contributed by atoms with Gasteiger partial charge in [-0.05, 0) is 483 Å². The predicted octanol–water partition coefficient (Wildman–Crippen LogP) is 36.9. The molecule has 0 saturated heterocycles. The van der Waals surface area contributed by atoms with E-state index >= 15 is 0 Å². The molecule has 752 valence electrons. The molecule has 15 aromatic carbocycles. The number of thiophene rings is 1. The van der Waals surface area contributed by atoms with Crippen LogP contribution in [-0.4, -0.2) is 28.0 Å². The van der Waals surface area contributed by atoms with Crippen LogP contribution in [0.5, 0.6) is 40.2 Å². The number of hydrogen-bond donors (Lipinski definition) is 0. The van der Waals surface area contributed by atoms with E-state index in [2.05, 4.69) is 435 Å². The maximum absolute atomic E-state index is 6.84. The fraction of sp³-hybridized carbons (Fsp3) is 0.343. The number of hydrogen-bond acceptors (Lipinski definition) is 6. The van der Waals surface area contributed by atoms with Gasteiger partial charge in [-0.25, -0.2) is 0 Å². The monoisotopic (exact) mass is 2040 g/mol. The second kappa shape index (κ2) is 43.2. The first kappa shape index (κ1) is 98.7. The van der Waals surface area contributed by atoms with E-state index in [1.807, 2.05) is 0 Å². The first-order chi connectivity index (χ1) is 72.6. The van der Waals surface area contributed by atoms with Gasteiger partial charge in [0, 0.05) is 33.4 Å². The lowest BCUT2D eigenvalue weighted by Crippen LogP contribution is -2.59. The molecule has 0 spiro atoms. The molecule has 1 aromatic heterocycles. The lowest BCUT2D eigenvalue weighted by molar-refractivity contribution is -0.145. The van der Waals surface area contributed by atoms with Crippen molar-refractivity contribution in [1.82, 2.24) is 0 Å². The Labute approximate surface area is 893 Å². The van der Waals surface area contributed by atoms with Gasteiger partial charge in [-0.1, -0.05) is 171 Å². The molecule has 11 heteroatoms. The van der Waals surface area contributed by atoms with Crippen LogP contribution >= 0.6 is 10.5 Å². The molecule has 14 saturated carbocycles. The maximum Gasteiger partial charge on any atom is 0.209 e. The van der Waals surface area contributed by atoms with Gasteiger partial charge in [0.2, 0.25) is 9.79 Å². The van der Waals surface area contributed by atoms with Crippen molar-refractivity contribution in [2.45, 2.75) is 282 Å². The second-order valence-corrected chi connectivity index (χ2v) is 55.5. The molecule has 1 aliphatic heterocycles. The maximum atomic E-state index is 6.84. The van der Waals surface area contributed by atoms with Crippen molar-refractivity contribution in [2.24, 2.45) is 71.0 Å². The summed E-state index contributed by atoms with van der Waals surface area (Å²) >= 11 is 0. The Morgan fingerprint density at radius 2 is 0.493 bits per heavy atom. The Balaban J connectivity index is 0.0000000990. The quantitative estimate of drug-likeness (QED) is 0.0630. The van der Waals surface area contributed by atoms with Gasteiger partial charge in [-0.15, -0.1) is 0 Å². The Bertz CT molecular complexity index is 6830. The first-order valence-electron chi connectivity index (χ1n) is 55.6. The summed E-state index contributed by atoms with van der Waals surface area (Å²) in [5.41, 5.74) is 0.122. The van der Waals surface area contributed by atoms with Gasteiger partial charge in [0.05, 0.1) is 32.7 Å². The highest BCUT2D eigenvalue weighted by molar-refractivity contribution is 7.98. The van der Waals surface area contributed by atoms with Crippen LogP contribution in [0.15, 0.2) is 459 Å². The predicted molar refractivity (Wildman–Crippen MR) is 614 cm³/mol. The summed E-state index contributed by atoms with van der Waals surface area (Å²) in [7, 11) is -0.481. The van der Waals surface area contributed by atoms with Crippen molar-refractivity contribution in [3.63, 3.8) is 0 Å².